The zero-order valence-electron chi connectivity index (χ0n) is 55.0. The van der Waals surface area contributed by atoms with Crippen LogP contribution in [0.5, 0.6) is 0 Å². The molecule has 2 saturated heterocycles. The van der Waals surface area contributed by atoms with Gasteiger partial charge in [-0.2, -0.15) is 23.5 Å². The van der Waals surface area contributed by atoms with Crippen molar-refractivity contribution in [3.8, 4) is 0 Å². The maximum atomic E-state index is 15.1. The highest BCUT2D eigenvalue weighted by Gasteiger charge is 2.41. The third kappa shape index (κ3) is 21.5. The smallest absolute Gasteiger partial charge is 0.305 e. The number of halogens is 2. The maximum absolute atomic E-state index is 15.1. The van der Waals surface area contributed by atoms with Gasteiger partial charge in [0.25, 0.3) is 0 Å². The van der Waals surface area contributed by atoms with Gasteiger partial charge >= 0.3 is 5.97 Å². The van der Waals surface area contributed by atoms with Gasteiger partial charge in [-0.3, -0.25) is 52.7 Å². The molecule has 0 spiro atoms. The zero-order valence-corrected chi connectivity index (χ0v) is 56.6. The van der Waals surface area contributed by atoms with Crippen molar-refractivity contribution in [3.63, 3.8) is 0 Å². The van der Waals surface area contributed by atoms with Crippen molar-refractivity contribution in [1.82, 2.24) is 68.0 Å². The Morgan fingerprint density at radius 2 is 1.23 bits per heavy atom. The molecule has 10 amide bonds. The lowest BCUT2D eigenvalue weighted by Gasteiger charge is -2.31. The number of carbonyl (C=O) groups is 11. The predicted octanol–water partition coefficient (Wildman–Crippen LogP) is 1.41. The Labute approximate surface area is 583 Å². The van der Waals surface area contributed by atoms with Gasteiger partial charge in [-0.05, 0) is 122 Å². The molecule has 9 rings (SSSR count). The standard InChI is InChI=1S/C69H85F2N15O12S2/c70-44-15-18-49-47(27-44)42(31-75-49)25-53-64(93)82-54(26-43-32-76-50-19-16-45(71)28-48(43)50)65(94)84-56(30-61(89)90)67(96)83-55(29-46-33-74-38-78-46)66(95)81-52(17-14-39-8-2-1-3-9-39)69(98)86-22-7-13-58(86)68(97)85-57(62(73)91)37-100-36-41-11-6-10-40(24-41)35-99-23-20-59(87)79-51(12-4-5-21-72)63(92)77-34-60(88)80-53/h1-3,6,8-11,15-16,18-19,24,27-28,31-32,46,51-58,74-76,78H,4-5,7,12-14,17,20-23,25-26,29-30,33-38,72H2,(H2,73,91)(H,77,92)(H,79,87)(H,80,88)(H,81,95)(H,82,93)(H,83,96)(H,84,94)(H,85,97)(H,89,90)/t46?,51-,52-,53-,54-,55-,56-,57-,58-/m0/s1. The summed E-state index contributed by atoms with van der Waals surface area (Å²) in [5.41, 5.74) is 15.8. The van der Waals surface area contributed by atoms with Gasteiger partial charge in [0.2, 0.25) is 59.1 Å². The van der Waals surface area contributed by atoms with E-state index in [2.05, 4.69) is 63.1 Å². The van der Waals surface area contributed by atoms with Crippen molar-refractivity contribution in [2.45, 2.75) is 143 Å². The first-order valence-electron chi connectivity index (χ1n) is 33.3. The van der Waals surface area contributed by atoms with Crippen LogP contribution >= 0.6 is 23.5 Å². The van der Waals surface area contributed by atoms with E-state index in [9.17, 15) is 52.2 Å². The summed E-state index contributed by atoms with van der Waals surface area (Å²) in [5, 5.41) is 38.6. The Morgan fingerprint density at radius 1 is 0.620 bits per heavy atom. The van der Waals surface area contributed by atoms with Crippen LogP contribution in [0.1, 0.15) is 85.6 Å². The van der Waals surface area contributed by atoms with E-state index in [4.69, 9.17) is 11.5 Å². The minimum absolute atomic E-state index is 0.00656. The number of carboxylic acids is 1. The monoisotopic (exact) mass is 1420 g/mol. The van der Waals surface area contributed by atoms with Gasteiger partial charge in [0.05, 0.1) is 13.0 Å². The average molecular weight is 1420 g/mol. The highest BCUT2D eigenvalue weighted by Crippen LogP contribution is 2.26. The number of unbranched alkanes of at least 4 members (excludes halogenated alkanes) is 1. The Bertz CT molecular complexity index is 3910. The van der Waals surface area contributed by atoms with Crippen LogP contribution in [0.2, 0.25) is 0 Å². The van der Waals surface area contributed by atoms with Gasteiger partial charge in [0, 0.05) is 102 Å². The molecular formula is C69H85F2N15O12S2. The van der Waals surface area contributed by atoms with Crippen molar-refractivity contribution in [2.75, 3.05) is 44.4 Å². The first-order chi connectivity index (χ1) is 48.2. The maximum Gasteiger partial charge on any atom is 0.305 e. The number of aliphatic carboxylic acids is 1. The van der Waals surface area contributed by atoms with Crippen LogP contribution in [0.3, 0.4) is 0 Å². The number of fused-ring (bicyclic) bond motifs is 5. The highest BCUT2D eigenvalue weighted by atomic mass is 32.2. The van der Waals surface area contributed by atoms with E-state index in [1.54, 1.807) is 0 Å². The third-order valence-electron chi connectivity index (χ3n) is 17.6. The summed E-state index contributed by atoms with van der Waals surface area (Å²) in [6, 6.07) is 12.5. The second kappa shape index (κ2) is 36.6. The summed E-state index contributed by atoms with van der Waals surface area (Å²) in [6.07, 6.45) is 2.93. The van der Waals surface area contributed by atoms with Crippen molar-refractivity contribution in [1.29, 1.82) is 0 Å². The molecule has 31 heteroatoms. The van der Waals surface area contributed by atoms with Gasteiger partial charge in [-0.1, -0.05) is 54.6 Å². The number of thioether (sulfide) groups is 2. The van der Waals surface area contributed by atoms with E-state index >= 15 is 14.4 Å². The number of rotatable bonds is 16. The van der Waals surface area contributed by atoms with Gasteiger partial charge in [0.1, 0.15) is 60.0 Å². The van der Waals surface area contributed by atoms with Gasteiger partial charge in [0.15, 0.2) is 0 Å². The van der Waals surface area contributed by atoms with E-state index in [1.807, 2.05) is 54.6 Å². The third-order valence-corrected chi connectivity index (χ3v) is 19.8. The number of nitrogens with two attached hydrogens (primary N) is 2. The lowest BCUT2D eigenvalue weighted by Crippen LogP contribution is -2.61. The second-order valence-electron chi connectivity index (χ2n) is 25.1. The number of aromatic nitrogens is 2. The van der Waals surface area contributed by atoms with Gasteiger partial charge in [-0.25, -0.2) is 8.78 Å². The molecule has 2 aromatic heterocycles. The zero-order chi connectivity index (χ0) is 71.2. The first-order valence-corrected chi connectivity index (χ1v) is 35.6. The molecule has 0 radical (unpaired) electrons. The topological polar surface area (TPSA) is 415 Å². The van der Waals surface area contributed by atoms with E-state index < -0.39 is 150 Å². The van der Waals surface area contributed by atoms with Crippen LogP contribution in [-0.2, 0) is 83.5 Å². The van der Waals surface area contributed by atoms with E-state index in [0.29, 0.717) is 78.3 Å². The SMILES string of the molecule is NCCCC[C@@H]1NC(=O)CCSCc2cccc(c2)CSC[C@@H](C(N)=O)NC(=O)[C@@H]2CCCN2C(=O)[C@H](CCc2ccccc2)NC(=O)[C@H](CC2CNCN2)NC(=O)[C@H](CC(=O)O)NC(=O)[C@H](Cc2c[nH]c3ccc(F)cc23)NC(=O)[C@H](Cc2c[nH]c3ccc(F)cc23)NC(=O)CNC1=O. The number of benzene rings is 4. The van der Waals surface area contributed by atoms with Crippen LogP contribution in [-0.4, -0.2) is 184 Å². The average Bonchev–Trinajstić information content (AvgIpc) is 1.61. The quantitative estimate of drug-likeness (QED) is 0.0609. The Balaban J connectivity index is 1.04. The summed E-state index contributed by atoms with van der Waals surface area (Å²) in [6.45, 7) is 0.317. The predicted molar refractivity (Wildman–Crippen MR) is 372 cm³/mol. The first kappa shape index (κ1) is 74.8. The summed E-state index contributed by atoms with van der Waals surface area (Å²) in [5.74, 6) is -9.83. The molecule has 2 fully saturated rings. The van der Waals surface area contributed by atoms with Gasteiger partial charge < -0.3 is 84.6 Å². The van der Waals surface area contributed by atoms with E-state index in [1.165, 1.54) is 77.2 Å². The molecule has 5 heterocycles. The number of hydrogen-bond donors (Lipinski definition) is 15. The normalized spacial score (nSPS) is 23.6. The molecule has 100 heavy (non-hydrogen) atoms. The van der Waals surface area contributed by atoms with Crippen LogP contribution in [0.25, 0.3) is 21.8 Å². The molecule has 6 aromatic rings. The van der Waals surface area contributed by atoms with Crippen molar-refractivity contribution < 1.29 is 66.6 Å². The number of nitrogens with one attached hydrogen (secondary N) is 12. The molecule has 1 unspecified atom stereocenters. The van der Waals surface area contributed by atoms with Crippen LogP contribution < -0.4 is 64.6 Å². The fourth-order valence-electron chi connectivity index (χ4n) is 12.4. The van der Waals surface area contributed by atoms with E-state index in [-0.39, 0.29) is 68.2 Å². The molecule has 4 aromatic carbocycles. The number of aromatic amines is 2. The number of carboxylic acid groups (broad SMARTS) is 1. The molecule has 17 N–H and O–H groups in total. The van der Waals surface area contributed by atoms with E-state index in [0.717, 1.165) is 16.7 Å². The molecule has 534 valence electrons. The molecule has 9 atom stereocenters. The minimum atomic E-state index is -1.98. The highest BCUT2D eigenvalue weighted by molar-refractivity contribution is 7.98. The number of carbonyl (C=O) groups excluding carboxylic acids is 10. The number of aryl methyl sites for hydroxylation is 1. The lowest BCUT2D eigenvalue weighted by molar-refractivity contribution is -0.143. The number of nitrogens with zero attached hydrogens (tertiary/aromatic N) is 1. The molecule has 3 aliphatic rings. The number of amides is 10. The fraction of sp³-hybridized carbons (Fsp3) is 0.435. The molecular weight excluding hydrogens is 1330 g/mol. The van der Waals surface area contributed by atoms with Crippen LogP contribution in [0.15, 0.2) is 103 Å². The number of H-pyrrole nitrogens is 2. The second-order valence-corrected chi connectivity index (χ2v) is 27.2. The summed E-state index contributed by atoms with van der Waals surface area (Å²) in [4.78, 5) is 164. The summed E-state index contributed by atoms with van der Waals surface area (Å²) in [7, 11) is 0. The Hall–Kier alpha value is -9.43. The minimum Gasteiger partial charge on any atom is -0.481 e. The molecule has 2 bridgehead atoms. The van der Waals surface area contributed by atoms with Crippen molar-refractivity contribution in [2.24, 2.45) is 11.5 Å². The van der Waals surface area contributed by atoms with Crippen LogP contribution in [0.4, 0.5) is 8.78 Å². The van der Waals surface area contributed by atoms with Crippen molar-refractivity contribution in [3.05, 3.63) is 143 Å². The number of primary amides is 1. The molecule has 0 saturated carbocycles. The Morgan fingerprint density at radius 3 is 1.87 bits per heavy atom. The number of hydrogen-bond acceptors (Lipinski definition) is 16. The molecule has 3 aliphatic heterocycles. The van der Waals surface area contributed by atoms with Crippen molar-refractivity contribution >= 4 is 110 Å². The summed E-state index contributed by atoms with van der Waals surface area (Å²) < 4.78 is 29.8. The molecule has 0 aliphatic carbocycles. The summed E-state index contributed by atoms with van der Waals surface area (Å²) >= 11 is 2.83. The van der Waals surface area contributed by atoms with Gasteiger partial charge in [-0.15, -0.1) is 0 Å². The van der Waals surface area contributed by atoms with Crippen LogP contribution in [0, 0.1) is 11.6 Å². The Kier molecular flexibility index (Phi) is 27.4. The fourth-order valence-corrected chi connectivity index (χ4v) is 14.3. The molecule has 27 nitrogen and oxygen atoms in total. The lowest BCUT2D eigenvalue weighted by atomic mass is 10.0. The largest absolute Gasteiger partial charge is 0.481 e.